The third-order valence-electron chi connectivity index (χ3n) is 1.59. The second kappa shape index (κ2) is 3.25. The number of hydrogen-bond acceptors (Lipinski definition) is 3. The average molecular weight is 173 g/mol. The molecule has 0 radical (unpaired) electrons. The zero-order valence-corrected chi connectivity index (χ0v) is 6.78. The van der Waals surface area contributed by atoms with E-state index >= 15 is 0 Å². The number of H-pyrrole nitrogens is 1. The molecule has 0 spiro atoms. The summed E-state index contributed by atoms with van der Waals surface area (Å²) >= 11 is 0. The molecule has 2 aromatic rings. The molecule has 0 saturated heterocycles. The fourth-order valence-corrected chi connectivity index (χ4v) is 1.04. The van der Waals surface area contributed by atoms with Gasteiger partial charge in [0.05, 0.1) is 11.8 Å². The van der Waals surface area contributed by atoms with Crippen molar-refractivity contribution >= 4 is 11.2 Å². The Bertz CT molecular complexity index is 478. The normalized spacial score (nSPS) is 9.62. The highest BCUT2D eigenvalue weighted by Crippen LogP contribution is 2.06. The Morgan fingerprint density at radius 3 is 3.23 bits per heavy atom. The molecule has 64 valence electrons. The molecule has 0 bridgehead atoms. The van der Waals surface area contributed by atoms with Gasteiger partial charge < -0.3 is 10.1 Å². The molecule has 0 aromatic carbocycles. The summed E-state index contributed by atoms with van der Waals surface area (Å²) in [4.78, 5) is 11.0. The van der Waals surface area contributed by atoms with Crippen molar-refractivity contribution in [3.63, 3.8) is 0 Å². The standard InChI is InChI=1S/C9H7N3O/c13-3-1-2-7-4-8-9(10-5-7)12-6-11-8/h4-6,13H,3H2,(H,10,11,12). The first kappa shape index (κ1) is 7.77. The Morgan fingerprint density at radius 1 is 1.46 bits per heavy atom. The Labute approximate surface area is 74.6 Å². The van der Waals surface area contributed by atoms with Crippen LogP contribution < -0.4 is 0 Å². The molecule has 13 heavy (non-hydrogen) atoms. The predicted octanol–water partition coefficient (Wildman–Crippen LogP) is 0.302. The number of nitrogens with zero attached hydrogens (tertiary/aromatic N) is 2. The summed E-state index contributed by atoms with van der Waals surface area (Å²) in [7, 11) is 0. The summed E-state index contributed by atoms with van der Waals surface area (Å²) in [5, 5.41) is 8.49. The molecule has 4 heteroatoms. The maximum atomic E-state index is 8.49. The van der Waals surface area contributed by atoms with Crippen molar-refractivity contribution in [3.05, 3.63) is 24.2 Å². The van der Waals surface area contributed by atoms with Crippen molar-refractivity contribution in [2.75, 3.05) is 6.61 Å². The highest BCUT2D eigenvalue weighted by Gasteiger charge is 1.96. The molecule has 0 fully saturated rings. The van der Waals surface area contributed by atoms with Gasteiger partial charge in [-0.05, 0) is 6.07 Å². The maximum Gasteiger partial charge on any atom is 0.177 e. The largest absolute Gasteiger partial charge is 0.384 e. The minimum Gasteiger partial charge on any atom is -0.384 e. The maximum absolute atomic E-state index is 8.49. The summed E-state index contributed by atoms with van der Waals surface area (Å²) in [6, 6.07) is 1.85. The molecule has 0 unspecified atom stereocenters. The molecule has 0 atom stereocenters. The SMILES string of the molecule is OCC#Cc1cnc2nc[nH]c2c1. The number of aliphatic hydroxyl groups excluding tert-OH is 1. The third-order valence-corrected chi connectivity index (χ3v) is 1.59. The first-order valence-corrected chi connectivity index (χ1v) is 3.79. The van der Waals surface area contributed by atoms with E-state index in [2.05, 4.69) is 26.8 Å². The van der Waals surface area contributed by atoms with Crippen LogP contribution in [0.5, 0.6) is 0 Å². The fraction of sp³-hybridized carbons (Fsp3) is 0.111. The molecule has 0 aliphatic carbocycles. The third kappa shape index (κ3) is 1.50. The van der Waals surface area contributed by atoms with Crippen LogP contribution in [0.15, 0.2) is 18.6 Å². The van der Waals surface area contributed by atoms with Crippen molar-refractivity contribution in [3.8, 4) is 11.8 Å². The van der Waals surface area contributed by atoms with Gasteiger partial charge in [0.25, 0.3) is 0 Å². The van der Waals surface area contributed by atoms with Gasteiger partial charge in [0.2, 0.25) is 0 Å². The van der Waals surface area contributed by atoms with Gasteiger partial charge in [-0.2, -0.15) is 0 Å². The van der Waals surface area contributed by atoms with Gasteiger partial charge in [0, 0.05) is 11.8 Å². The van der Waals surface area contributed by atoms with E-state index in [-0.39, 0.29) is 6.61 Å². The number of nitrogens with one attached hydrogen (secondary N) is 1. The van der Waals surface area contributed by atoms with E-state index in [1.54, 1.807) is 12.5 Å². The van der Waals surface area contributed by atoms with Gasteiger partial charge in [-0.25, -0.2) is 9.97 Å². The van der Waals surface area contributed by atoms with E-state index in [9.17, 15) is 0 Å². The van der Waals surface area contributed by atoms with Crippen molar-refractivity contribution in [1.82, 2.24) is 15.0 Å². The number of imidazole rings is 1. The van der Waals surface area contributed by atoms with Crippen LogP contribution in [0.1, 0.15) is 5.56 Å². The number of rotatable bonds is 0. The topological polar surface area (TPSA) is 61.8 Å². The quantitative estimate of drug-likeness (QED) is 0.563. The van der Waals surface area contributed by atoms with E-state index < -0.39 is 0 Å². The fourth-order valence-electron chi connectivity index (χ4n) is 1.04. The molecule has 0 amide bonds. The Balaban J connectivity index is 2.48. The number of aromatic nitrogens is 3. The molecule has 2 aromatic heterocycles. The lowest BCUT2D eigenvalue weighted by atomic mass is 10.3. The van der Waals surface area contributed by atoms with Crippen molar-refractivity contribution in [2.24, 2.45) is 0 Å². The van der Waals surface area contributed by atoms with E-state index in [0.29, 0.717) is 5.65 Å². The smallest absolute Gasteiger partial charge is 0.177 e. The van der Waals surface area contributed by atoms with Gasteiger partial charge in [-0.15, -0.1) is 0 Å². The predicted molar refractivity (Wildman–Crippen MR) is 47.9 cm³/mol. The summed E-state index contributed by atoms with van der Waals surface area (Å²) in [6.07, 6.45) is 3.22. The highest BCUT2D eigenvalue weighted by atomic mass is 16.2. The van der Waals surface area contributed by atoms with Crippen LogP contribution in [0.25, 0.3) is 11.2 Å². The number of hydrogen-bond donors (Lipinski definition) is 2. The summed E-state index contributed by atoms with van der Waals surface area (Å²) < 4.78 is 0. The minimum atomic E-state index is -0.138. The van der Waals surface area contributed by atoms with Crippen molar-refractivity contribution in [2.45, 2.75) is 0 Å². The number of pyridine rings is 1. The Morgan fingerprint density at radius 2 is 2.38 bits per heavy atom. The van der Waals surface area contributed by atoms with Gasteiger partial charge in [-0.1, -0.05) is 11.8 Å². The van der Waals surface area contributed by atoms with Crippen LogP contribution in [0.4, 0.5) is 0 Å². The second-order valence-electron chi connectivity index (χ2n) is 2.46. The zero-order valence-electron chi connectivity index (χ0n) is 6.78. The lowest BCUT2D eigenvalue weighted by Crippen LogP contribution is -1.81. The molecule has 0 aliphatic rings. The van der Waals surface area contributed by atoms with Crippen LogP contribution >= 0.6 is 0 Å². The molecule has 2 N–H and O–H groups in total. The lowest BCUT2D eigenvalue weighted by Gasteiger charge is -1.88. The van der Waals surface area contributed by atoms with Crippen LogP contribution in [0.3, 0.4) is 0 Å². The highest BCUT2D eigenvalue weighted by molar-refractivity contribution is 5.71. The second-order valence-corrected chi connectivity index (χ2v) is 2.46. The van der Waals surface area contributed by atoms with E-state index in [0.717, 1.165) is 11.1 Å². The number of fused-ring (bicyclic) bond motifs is 1. The molecule has 4 nitrogen and oxygen atoms in total. The molecule has 0 saturated carbocycles. The van der Waals surface area contributed by atoms with Crippen LogP contribution in [0, 0.1) is 11.8 Å². The lowest BCUT2D eigenvalue weighted by molar-refractivity contribution is 0.350. The first-order valence-electron chi connectivity index (χ1n) is 3.79. The zero-order chi connectivity index (χ0) is 9.10. The van der Waals surface area contributed by atoms with E-state index in [1.807, 2.05) is 6.07 Å². The monoisotopic (exact) mass is 173 g/mol. The summed E-state index contributed by atoms with van der Waals surface area (Å²) in [5.41, 5.74) is 2.30. The van der Waals surface area contributed by atoms with Crippen LogP contribution in [0.2, 0.25) is 0 Å². The Hall–Kier alpha value is -1.86. The van der Waals surface area contributed by atoms with Gasteiger partial charge in [0.1, 0.15) is 6.61 Å². The molecule has 0 aliphatic heterocycles. The van der Waals surface area contributed by atoms with Gasteiger partial charge >= 0.3 is 0 Å². The van der Waals surface area contributed by atoms with Crippen molar-refractivity contribution in [1.29, 1.82) is 0 Å². The Kier molecular flexibility index (Phi) is 1.94. The van der Waals surface area contributed by atoms with Gasteiger partial charge in [0.15, 0.2) is 5.65 Å². The minimum absolute atomic E-state index is 0.138. The van der Waals surface area contributed by atoms with E-state index in [1.165, 1.54) is 0 Å². The van der Waals surface area contributed by atoms with Gasteiger partial charge in [-0.3, -0.25) is 0 Å². The average Bonchev–Trinajstić information content (AvgIpc) is 2.61. The summed E-state index contributed by atoms with van der Waals surface area (Å²) in [5.74, 6) is 5.32. The molecular formula is C9H7N3O. The number of aromatic amines is 1. The van der Waals surface area contributed by atoms with Crippen LogP contribution in [-0.2, 0) is 0 Å². The molecular weight excluding hydrogens is 166 g/mol. The first-order chi connectivity index (χ1) is 6.40. The number of aliphatic hydroxyl groups is 1. The van der Waals surface area contributed by atoms with E-state index in [4.69, 9.17) is 5.11 Å². The molecule has 2 rings (SSSR count). The van der Waals surface area contributed by atoms with Crippen molar-refractivity contribution < 1.29 is 5.11 Å². The van der Waals surface area contributed by atoms with Crippen LogP contribution in [-0.4, -0.2) is 26.7 Å². The summed E-state index contributed by atoms with van der Waals surface area (Å²) in [6.45, 7) is -0.138. The molecule has 2 heterocycles.